The van der Waals surface area contributed by atoms with Crippen LogP contribution in [0.4, 0.5) is 0 Å². The summed E-state index contributed by atoms with van der Waals surface area (Å²) in [5.41, 5.74) is 0. The summed E-state index contributed by atoms with van der Waals surface area (Å²) in [5.74, 6) is -0.465. The Bertz CT molecular complexity index is 245. The fourth-order valence-electron chi connectivity index (χ4n) is 2.62. The normalized spacial score (nSPS) is 26.4. The zero-order valence-electron chi connectivity index (χ0n) is 11.2. The van der Waals surface area contributed by atoms with E-state index in [1.54, 1.807) is 0 Å². The Morgan fingerprint density at radius 2 is 2.18 bits per heavy atom. The molecule has 3 atom stereocenters. The average Bonchev–Trinajstić information content (AvgIpc) is 2.75. The van der Waals surface area contributed by atoms with Gasteiger partial charge in [-0.3, -0.25) is 9.69 Å². The molecule has 0 aromatic heterocycles. The fourth-order valence-corrected chi connectivity index (χ4v) is 2.62. The molecule has 1 saturated heterocycles. The number of likely N-dealkylation sites (N-methyl/N-ethyl adjacent to an activating group) is 1. The number of hydrogen-bond acceptors (Lipinski definition) is 3. The molecule has 1 N–H and O–H groups in total. The van der Waals surface area contributed by atoms with Crippen LogP contribution in [-0.4, -0.2) is 48.3 Å². The van der Waals surface area contributed by atoms with Crippen LogP contribution >= 0.6 is 0 Å². The van der Waals surface area contributed by atoms with Gasteiger partial charge >= 0.3 is 5.97 Å². The molecule has 0 bridgehead atoms. The van der Waals surface area contributed by atoms with Gasteiger partial charge in [0.2, 0.25) is 0 Å². The molecule has 1 aliphatic heterocycles. The van der Waals surface area contributed by atoms with Crippen molar-refractivity contribution >= 4 is 5.97 Å². The molecule has 0 spiro atoms. The molecular weight excluding hydrogens is 218 g/mol. The van der Waals surface area contributed by atoms with Crippen molar-refractivity contribution in [2.24, 2.45) is 11.8 Å². The summed E-state index contributed by atoms with van der Waals surface area (Å²) >= 11 is 0. The van der Waals surface area contributed by atoms with E-state index in [0.717, 1.165) is 13.1 Å². The maximum absolute atomic E-state index is 11.1. The monoisotopic (exact) mass is 243 g/mol. The van der Waals surface area contributed by atoms with Gasteiger partial charge in [-0.25, -0.2) is 0 Å². The van der Waals surface area contributed by atoms with Gasteiger partial charge in [-0.1, -0.05) is 27.2 Å². The molecule has 100 valence electrons. The molecule has 0 radical (unpaired) electrons. The molecule has 0 amide bonds. The Morgan fingerprint density at radius 3 is 2.71 bits per heavy atom. The van der Waals surface area contributed by atoms with Crippen molar-refractivity contribution in [2.75, 3.05) is 26.3 Å². The summed E-state index contributed by atoms with van der Waals surface area (Å²) < 4.78 is 5.33. The van der Waals surface area contributed by atoms with Crippen molar-refractivity contribution in [3.63, 3.8) is 0 Å². The highest BCUT2D eigenvalue weighted by atomic mass is 16.5. The summed E-state index contributed by atoms with van der Waals surface area (Å²) in [6.45, 7) is 9.30. The summed E-state index contributed by atoms with van der Waals surface area (Å²) in [4.78, 5) is 13.4. The molecule has 0 aromatic carbocycles. The molecule has 0 aromatic rings. The highest BCUT2D eigenvalue weighted by Crippen LogP contribution is 2.21. The molecule has 1 aliphatic rings. The van der Waals surface area contributed by atoms with Crippen molar-refractivity contribution in [1.82, 2.24) is 4.90 Å². The Balaban J connectivity index is 2.56. The number of carbonyl (C=O) groups is 1. The van der Waals surface area contributed by atoms with Gasteiger partial charge in [-0.05, 0) is 18.9 Å². The minimum atomic E-state index is -0.728. The first-order valence-corrected chi connectivity index (χ1v) is 6.64. The smallest absolute Gasteiger partial charge is 0.310 e. The highest BCUT2D eigenvalue weighted by molar-refractivity contribution is 5.71. The van der Waals surface area contributed by atoms with Gasteiger partial charge in [-0.15, -0.1) is 0 Å². The predicted molar refractivity (Wildman–Crippen MR) is 67.1 cm³/mol. The molecule has 0 saturated carbocycles. The number of nitrogens with zero attached hydrogens (tertiary/aromatic N) is 1. The van der Waals surface area contributed by atoms with Gasteiger partial charge < -0.3 is 9.84 Å². The van der Waals surface area contributed by atoms with Crippen molar-refractivity contribution < 1.29 is 14.6 Å². The Morgan fingerprint density at radius 1 is 1.47 bits per heavy atom. The molecule has 4 heteroatoms. The fraction of sp³-hybridized carbons (Fsp3) is 0.923. The van der Waals surface area contributed by atoms with Crippen LogP contribution in [0.5, 0.6) is 0 Å². The minimum absolute atomic E-state index is 0.0526. The summed E-state index contributed by atoms with van der Waals surface area (Å²) in [6, 6.07) is 0.0526. The van der Waals surface area contributed by atoms with E-state index in [4.69, 9.17) is 9.84 Å². The number of ether oxygens (including phenoxy) is 1. The third kappa shape index (κ3) is 3.96. The molecule has 1 rings (SSSR count). The van der Waals surface area contributed by atoms with Crippen LogP contribution in [0.2, 0.25) is 0 Å². The number of rotatable bonds is 7. The van der Waals surface area contributed by atoms with Crippen molar-refractivity contribution in [3.05, 3.63) is 0 Å². The average molecular weight is 243 g/mol. The SMILES string of the molecule is CCCC(C)CN(CC)C1COCC1C(=O)O. The quantitative estimate of drug-likeness (QED) is 0.741. The highest BCUT2D eigenvalue weighted by Gasteiger charge is 2.37. The first kappa shape index (κ1) is 14.5. The van der Waals surface area contributed by atoms with Crippen LogP contribution in [0.25, 0.3) is 0 Å². The lowest BCUT2D eigenvalue weighted by molar-refractivity contribution is -0.143. The second-order valence-corrected chi connectivity index (χ2v) is 5.03. The van der Waals surface area contributed by atoms with Crippen molar-refractivity contribution in [3.8, 4) is 0 Å². The third-order valence-electron chi connectivity index (χ3n) is 3.57. The van der Waals surface area contributed by atoms with Gasteiger partial charge in [0.15, 0.2) is 0 Å². The first-order valence-electron chi connectivity index (χ1n) is 6.64. The van der Waals surface area contributed by atoms with Gasteiger partial charge in [0, 0.05) is 12.6 Å². The van der Waals surface area contributed by atoms with Crippen LogP contribution in [0, 0.1) is 11.8 Å². The van der Waals surface area contributed by atoms with E-state index in [0.29, 0.717) is 19.1 Å². The zero-order chi connectivity index (χ0) is 12.8. The van der Waals surface area contributed by atoms with Gasteiger partial charge in [-0.2, -0.15) is 0 Å². The van der Waals surface area contributed by atoms with E-state index in [1.165, 1.54) is 12.8 Å². The Kier molecular flexibility index (Phi) is 5.92. The van der Waals surface area contributed by atoms with Crippen LogP contribution in [0.3, 0.4) is 0 Å². The van der Waals surface area contributed by atoms with Crippen LogP contribution in [-0.2, 0) is 9.53 Å². The summed E-state index contributed by atoms with van der Waals surface area (Å²) in [5, 5.41) is 9.16. The molecular formula is C13H25NO3. The number of aliphatic carboxylic acids is 1. The lowest BCUT2D eigenvalue weighted by Gasteiger charge is -2.31. The molecule has 0 aliphatic carbocycles. The molecule has 4 nitrogen and oxygen atoms in total. The molecule has 17 heavy (non-hydrogen) atoms. The topological polar surface area (TPSA) is 49.8 Å². The lowest BCUT2D eigenvalue weighted by atomic mass is 9.99. The minimum Gasteiger partial charge on any atom is -0.481 e. The summed E-state index contributed by atoms with van der Waals surface area (Å²) in [7, 11) is 0. The molecule has 1 fully saturated rings. The molecule has 1 heterocycles. The number of hydrogen-bond donors (Lipinski definition) is 1. The Hall–Kier alpha value is -0.610. The maximum atomic E-state index is 11.1. The summed E-state index contributed by atoms with van der Waals surface area (Å²) in [6.07, 6.45) is 2.38. The van der Waals surface area contributed by atoms with E-state index >= 15 is 0 Å². The second kappa shape index (κ2) is 6.97. The van der Waals surface area contributed by atoms with Gasteiger partial charge in [0.1, 0.15) is 0 Å². The zero-order valence-corrected chi connectivity index (χ0v) is 11.2. The van der Waals surface area contributed by atoms with Crippen LogP contribution < -0.4 is 0 Å². The van der Waals surface area contributed by atoms with Crippen molar-refractivity contribution in [2.45, 2.75) is 39.7 Å². The standard InChI is InChI=1S/C13H25NO3/c1-4-6-10(3)7-14(5-2)12-9-17-8-11(12)13(15)16/h10-12H,4-9H2,1-3H3,(H,15,16). The third-order valence-corrected chi connectivity index (χ3v) is 3.57. The first-order chi connectivity index (χ1) is 8.10. The van der Waals surface area contributed by atoms with E-state index in [1.807, 2.05) is 0 Å². The van der Waals surface area contributed by atoms with Gasteiger partial charge in [0.25, 0.3) is 0 Å². The Labute approximate surface area is 104 Å². The predicted octanol–water partition coefficient (Wildman–Crippen LogP) is 1.84. The van der Waals surface area contributed by atoms with E-state index < -0.39 is 5.97 Å². The number of carboxylic acids is 1. The number of carboxylic acid groups (broad SMARTS) is 1. The lowest BCUT2D eigenvalue weighted by Crippen LogP contribution is -2.44. The van der Waals surface area contributed by atoms with E-state index in [2.05, 4.69) is 25.7 Å². The largest absolute Gasteiger partial charge is 0.481 e. The van der Waals surface area contributed by atoms with E-state index in [9.17, 15) is 4.79 Å². The maximum Gasteiger partial charge on any atom is 0.310 e. The van der Waals surface area contributed by atoms with Crippen molar-refractivity contribution in [1.29, 1.82) is 0 Å². The van der Waals surface area contributed by atoms with Crippen LogP contribution in [0.1, 0.15) is 33.6 Å². The van der Waals surface area contributed by atoms with E-state index in [-0.39, 0.29) is 12.0 Å². The van der Waals surface area contributed by atoms with Crippen LogP contribution in [0.15, 0.2) is 0 Å². The molecule has 3 unspecified atom stereocenters. The van der Waals surface area contributed by atoms with Gasteiger partial charge in [0.05, 0.1) is 19.1 Å². The second-order valence-electron chi connectivity index (χ2n) is 5.03.